The van der Waals surface area contributed by atoms with Crippen LogP contribution in [-0.4, -0.2) is 15.7 Å². The maximum Gasteiger partial charge on any atom is 0.415 e. The van der Waals surface area contributed by atoms with E-state index in [0.717, 1.165) is 6.19 Å². The Labute approximate surface area is 62.2 Å². The van der Waals surface area contributed by atoms with Gasteiger partial charge < -0.3 is 0 Å². The van der Waals surface area contributed by atoms with E-state index in [9.17, 15) is 13.0 Å². The molecule has 0 bridgehead atoms. The van der Waals surface area contributed by atoms with Gasteiger partial charge in [0.2, 0.25) is 6.19 Å². The summed E-state index contributed by atoms with van der Waals surface area (Å²) in [7, 11) is -4.04. The highest BCUT2D eigenvalue weighted by atomic mass is 32.2. The van der Waals surface area contributed by atoms with Crippen LogP contribution in [-0.2, 0) is 9.73 Å². The van der Waals surface area contributed by atoms with Crippen LogP contribution in [0, 0.1) is 22.8 Å². The first kappa shape index (κ1) is 9.79. The van der Waals surface area contributed by atoms with Crippen LogP contribution in [0.1, 0.15) is 0 Å². The van der Waals surface area contributed by atoms with Crippen LogP contribution >= 0.6 is 0 Å². The van der Waals surface area contributed by atoms with Crippen LogP contribution in [0.3, 0.4) is 0 Å². The zero-order valence-corrected chi connectivity index (χ0v) is 6.23. The predicted molar refractivity (Wildman–Crippen MR) is 32.7 cm³/mol. The molecule has 0 aromatic carbocycles. The topological polar surface area (TPSA) is 77.0 Å². The molecule has 60 valence electrons. The molecule has 7 heteroatoms. The molecule has 1 atom stereocenters. The van der Waals surface area contributed by atoms with Crippen LogP contribution in [0.5, 0.6) is 0 Å². The molecule has 0 aromatic heterocycles. The van der Waals surface area contributed by atoms with E-state index in [4.69, 9.17) is 10.5 Å². The van der Waals surface area contributed by atoms with Crippen LogP contribution in [0.25, 0.3) is 0 Å². The largest absolute Gasteiger partial charge is 0.415 e. The summed E-state index contributed by atoms with van der Waals surface area (Å²) in [6, 6.07) is 0.513. The van der Waals surface area contributed by atoms with Gasteiger partial charge in [0.15, 0.2) is 6.07 Å². The first-order valence-electron chi connectivity index (χ1n) is 2.26. The number of nitriles is 2. The number of alkyl halides is 2. The molecular weight excluding hydrogens is 176 g/mol. The molecule has 0 spiro atoms. The average Bonchev–Trinajstić information content (AvgIpc) is 1.87. The van der Waals surface area contributed by atoms with Crippen molar-refractivity contribution in [3.05, 3.63) is 0 Å². The minimum absolute atomic E-state index is 0.513. The first-order valence-corrected chi connectivity index (χ1v) is 4.18. The Bertz CT molecular complexity index is 341. The quantitative estimate of drug-likeness (QED) is 0.555. The van der Waals surface area contributed by atoms with Crippen LogP contribution < -0.4 is 0 Å². The van der Waals surface area contributed by atoms with Gasteiger partial charge >= 0.3 is 5.25 Å². The lowest BCUT2D eigenvalue weighted by Crippen LogP contribution is -2.24. The minimum atomic E-state index is -4.07. The molecule has 0 saturated carbocycles. The molecule has 0 aliphatic rings. The predicted octanol–water partition coefficient (Wildman–Crippen LogP) is 0.682. The summed E-state index contributed by atoms with van der Waals surface area (Å²) in [5.41, 5.74) is 0. The SMILES string of the molecule is CS(=O)(=NC#N)C(F)(F)C#N. The van der Waals surface area contributed by atoms with Crippen molar-refractivity contribution in [3.8, 4) is 12.3 Å². The minimum Gasteiger partial charge on any atom is -0.242 e. The summed E-state index contributed by atoms with van der Waals surface area (Å²) < 4.78 is 37.6. The fourth-order valence-electron chi connectivity index (χ4n) is 0.220. The molecule has 0 rings (SSSR count). The summed E-state index contributed by atoms with van der Waals surface area (Å²) in [6.45, 7) is 0. The van der Waals surface area contributed by atoms with Gasteiger partial charge in [-0.25, -0.2) is 4.21 Å². The van der Waals surface area contributed by atoms with Crippen molar-refractivity contribution in [2.45, 2.75) is 5.25 Å². The monoisotopic (exact) mass is 179 g/mol. The third kappa shape index (κ3) is 1.85. The smallest absolute Gasteiger partial charge is 0.242 e. The molecule has 4 nitrogen and oxygen atoms in total. The second-order valence-electron chi connectivity index (χ2n) is 1.62. The van der Waals surface area contributed by atoms with E-state index in [2.05, 4.69) is 4.36 Å². The van der Waals surface area contributed by atoms with Gasteiger partial charge in [-0.15, -0.1) is 4.36 Å². The molecule has 0 aliphatic carbocycles. The van der Waals surface area contributed by atoms with Gasteiger partial charge in [-0.3, -0.25) is 0 Å². The summed E-state index contributed by atoms with van der Waals surface area (Å²) in [5, 5.41) is 11.6. The summed E-state index contributed by atoms with van der Waals surface area (Å²) in [4.78, 5) is 0. The van der Waals surface area contributed by atoms with Crippen molar-refractivity contribution in [3.63, 3.8) is 0 Å². The Kier molecular flexibility index (Phi) is 2.50. The Morgan fingerprint density at radius 3 is 2.27 bits per heavy atom. The van der Waals surface area contributed by atoms with Crippen LogP contribution in [0.15, 0.2) is 4.36 Å². The van der Waals surface area contributed by atoms with Crippen molar-refractivity contribution in [2.75, 3.05) is 6.26 Å². The van der Waals surface area contributed by atoms with Crippen molar-refractivity contribution in [1.82, 2.24) is 0 Å². The fourth-order valence-corrected chi connectivity index (χ4v) is 0.660. The molecule has 0 radical (unpaired) electrons. The third-order valence-electron chi connectivity index (χ3n) is 0.821. The summed E-state index contributed by atoms with van der Waals surface area (Å²) in [6.07, 6.45) is 1.52. The van der Waals surface area contributed by atoms with E-state index in [1.807, 2.05) is 0 Å². The third-order valence-corrected chi connectivity index (χ3v) is 2.29. The van der Waals surface area contributed by atoms with Crippen LogP contribution in [0.2, 0.25) is 0 Å². The number of halogens is 2. The van der Waals surface area contributed by atoms with E-state index < -0.39 is 15.0 Å². The molecule has 0 heterocycles. The molecule has 0 aromatic rings. The highest BCUT2D eigenvalue weighted by Crippen LogP contribution is 2.20. The summed E-state index contributed by atoms with van der Waals surface area (Å²) >= 11 is 0. The number of nitrogens with zero attached hydrogens (tertiary/aromatic N) is 3. The number of hydrogen-bond acceptors (Lipinski definition) is 4. The second kappa shape index (κ2) is 2.81. The van der Waals surface area contributed by atoms with Crippen molar-refractivity contribution in [2.24, 2.45) is 4.36 Å². The molecule has 0 aliphatic heterocycles. The maximum atomic E-state index is 12.2. The standard InChI is InChI=1S/C4H3F2N3OS/c1-11(10,9-3-8)4(5,6)2-7/h1H3. The van der Waals surface area contributed by atoms with E-state index in [-0.39, 0.29) is 0 Å². The number of rotatable bonds is 1. The summed E-state index contributed by atoms with van der Waals surface area (Å²) in [5.74, 6) is 0. The molecule has 1 unspecified atom stereocenters. The van der Waals surface area contributed by atoms with Gasteiger partial charge in [0.25, 0.3) is 0 Å². The van der Waals surface area contributed by atoms with E-state index >= 15 is 0 Å². The van der Waals surface area contributed by atoms with E-state index in [1.165, 1.54) is 0 Å². The Morgan fingerprint density at radius 2 is 2.00 bits per heavy atom. The lowest BCUT2D eigenvalue weighted by Gasteiger charge is -2.05. The lowest BCUT2D eigenvalue weighted by atomic mass is 10.8. The van der Waals surface area contributed by atoms with Crippen LogP contribution in [0.4, 0.5) is 8.78 Å². The molecule has 0 saturated heterocycles. The molecule has 0 N–H and O–H groups in total. The van der Waals surface area contributed by atoms with E-state index in [0.29, 0.717) is 12.3 Å². The Balaban J connectivity index is 5.27. The van der Waals surface area contributed by atoms with Gasteiger partial charge in [0.1, 0.15) is 9.73 Å². The zero-order chi connectivity index (χ0) is 9.12. The van der Waals surface area contributed by atoms with E-state index in [1.54, 1.807) is 0 Å². The Hall–Kier alpha value is -1.21. The maximum absolute atomic E-state index is 12.2. The normalized spacial score (nSPS) is 15.7. The molecule has 0 fully saturated rings. The van der Waals surface area contributed by atoms with Gasteiger partial charge in [0, 0.05) is 6.26 Å². The van der Waals surface area contributed by atoms with Gasteiger partial charge in [-0.05, 0) is 0 Å². The average molecular weight is 179 g/mol. The van der Waals surface area contributed by atoms with Crippen molar-refractivity contribution < 1.29 is 13.0 Å². The van der Waals surface area contributed by atoms with Crippen molar-refractivity contribution >= 4 is 9.73 Å². The fraction of sp³-hybridized carbons (Fsp3) is 0.500. The first-order chi connectivity index (χ1) is 4.87. The molecule has 11 heavy (non-hydrogen) atoms. The highest BCUT2D eigenvalue weighted by molar-refractivity contribution is 7.94. The lowest BCUT2D eigenvalue weighted by molar-refractivity contribution is 0.162. The number of hydrogen-bond donors (Lipinski definition) is 0. The van der Waals surface area contributed by atoms with Crippen molar-refractivity contribution in [1.29, 1.82) is 10.5 Å². The van der Waals surface area contributed by atoms with Gasteiger partial charge in [0.05, 0.1) is 0 Å². The van der Waals surface area contributed by atoms with Gasteiger partial charge in [-0.2, -0.15) is 19.3 Å². The molecule has 0 amide bonds. The zero-order valence-electron chi connectivity index (χ0n) is 5.41. The Morgan fingerprint density at radius 1 is 1.55 bits per heavy atom. The molecular formula is C4H3F2N3OS. The van der Waals surface area contributed by atoms with Gasteiger partial charge in [-0.1, -0.05) is 0 Å². The highest BCUT2D eigenvalue weighted by Gasteiger charge is 2.39. The second-order valence-corrected chi connectivity index (χ2v) is 3.92.